The van der Waals surface area contributed by atoms with Crippen molar-refractivity contribution in [1.29, 1.82) is 5.26 Å². The fraction of sp³-hybridized carbons (Fsp3) is 0. The van der Waals surface area contributed by atoms with Gasteiger partial charge in [0, 0.05) is 11.5 Å². The maximum Gasteiger partial charge on any atom is 0.152 e. The third-order valence-electron chi connectivity index (χ3n) is 1.83. The first-order chi connectivity index (χ1) is 6.70. The van der Waals surface area contributed by atoms with Crippen LogP contribution in [0.1, 0.15) is 5.69 Å². The van der Waals surface area contributed by atoms with E-state index in [0.717, 1.165) is 6.07 Å². The lowest BCUT2D eigenvalue weighted by Crippen LogP contribution is -1.89. The molecule has 2 aromatic rings. The molecule has 2 nitrogen and oxygen atoms in total. The molecule has 0 saturated heterocycles. The van der Waals surface area contributed by atoms with E-state index < -0.39 is 11.6 Å². The van der Waals surface area contributed by atoms with Gasteiger partial charge in [-0.2, -0.15) is 5.26 Å². The molecule has 0 N–H and O–H groups in total. The molecule has 1 heterocycles. The zero-order valence-electron chi connectivity index (χ0n) is 6.96. The first-order valence-corrected chi connectivity index (χ1v) is 3.86. The van der Waals surface area contributed by atoms with Crippen molar-refractivity contribution in [3.05, 3.63) is 41.6 Å². The molecule has 1 aromatic carbocycles. The van der Waals surface area contributed by atoms with Gasteiger partial charge in [-0.25, -0.2) is 13.8 Å². The highest BCUT2D eigenvalue weighted by atomic mass is 19.1. The van der Waals surface area contributed by atoms with E-state index in [9.17, 15) is 8.78 Å². The summed E-state index contributed by atoms with van der Waals surface area (Å²) < 4.78 is 25.9. The largest absolute Gasteiger partial charge is 0.234 e. The second-order valence-electron chi connectivity index (χ2n) is 2.77. The predicted octanol–water partition coefficient (Wildman–Crippen LogP) is 2.38. The fourth-order valence-corrected chi connectivity index (χ4v) is 1.22. The Kier molecular flexibility index (Phi) is 1.86. The standard InChI is InChI=1S/C10H4F2N2/c11-7-3-6-1-2-8(5-13)14-10(6)9(12)4-7/h1-4H. The van der Waals surface area contributed by atoms with Gasteiger partial charge in [-0.15, -0.1) is 0 Å². The van der Waals surface area contributed by atoms with Gasteiger partial charge in [0.25, 0.3) is 0 Å². The van der Waals surface area contributed by atoms with Gasteiger partial charge in [-0.1, -0.05) is 0 Å². The van der Waals surface area contributed by atoms with Crippen LogP contribution < -0.4 is 0 Å². The Hall–Kier alpha value is -2.02. The average Bonchev–Trinajstić information content (AvgIpc) is 2.17. The van der Waals surface area contributed by atoms with Crippen LogP contribution >= 0.6 is 0 Å². The van der Waals surface area contributed by atoms with E-state index in [-0.39, 0.29) is 11.2 Å². The molecule has 0 spiro atoms. The molecule has 0 bridgehead atoms. The molecule has 68 valence electrons. The second-order valence-corrected chi connectivity index (χ2v) is 2.77. The first-order valence-electron chi connectivity index (χ1n) is 3.86. The van der Waals surface area contributed by atoms with E-state index in [1.54, 1.807) is 6.07 Å². The van der Waals surface area contributed by atoms with Crippen LogP contribution in [0.5, 0.6) is 0 Å². The molecule has 0 saturated carbocycles. The summed E-state index contributed by atoms with van der Waals surface area (Å²) in [6.07, 6.45) is 0. The number of aromatic nitrogens is 1. The molecule has 0 atom stereocenters. The maximum absolute atomic E-state index is 13.2. The van der Waals surface area contributed by atoms with E-state index >= 15 is 0 Å². The molecule has 1 aromatic heterocycles. The minimum Gasteiger partial charge on any atom is -0.234 e. The van der Waals surface area contributed by atoms with Crippen LogP contribution in [-0.4, -0.2) is 4.98 Å². The van der Waals surface area contributed by atoms with Crippen molar-refractivity contribution < 1.29 is 8.78 Å². The van der Waals surface area contributed by atoms with Gasteiger partial charge in [0.15, 0.2) is 5.82 Å². The Morgan fingerprint density at radius 3 is 2.71 bits per heavy atom. The van der Waals surface area contributed by atoms with Gasteiger partial charge in [0.2, 0.25) is 0 Å². The van der Waals surface area contributed by atoms with E-state index in [1.165, 1.54) is 18.2 Å². The molecule has 14 heavy (non-hydrogen) atoms. The van der Waals surface area contributed by atoms with Gasteiger partial charge in [0.05, 0.1) is 0 Å². The van der Waals surface area contributed by atoms with E-state index in [0.29, 0.717) is 5.39 Å². The molecule has 0 radical (unpaired) electrons. The van der Waals surface area contributed by atoms with Gasteiger partial charge in [-0.3, -0.25) is 0 Å². The van der Waals surface area contributed by atoms with Crippen molar-refractivity contribution in [3.8, 4) is 6.07 Å². The minimum atomic E-state index is -0.753. The Morgan fingerprint density at radius 2 is 2.00 bits per heavy atom. The lowest BCUT2D eigenvalue weighted by atomic mass is 10.2. The lowest BCUT2D eigenvalue weighted by molar-refractivity contribution is 0.590. The molecule has 0 aliphatic rings. The molecular weight excluding hydrogens is 186 g/mol. The highest BCUT2D eigenvalue weighted by molar-refractivity contribution is 5.79. The monoisotopic (exact) mass is 190 g/mol. The Labute approximate surface area is 78.4 Å². The summed E-state index contributed by atoms with van der Waals surface area (Å²) >= 11 is 0. The number of halogens is 2. The number of fused-ring (bicyclic) bond motifs is 1. The molecule has 0 unspecified atom stereocenters. The number of pyridine rings is 1. The van der Waals surface area contributed by atoms with Crippen LogP contribution in [0, 0.1) is 23.0 Å². The molecule has 0 amide bonds. The van der Waals surface area contributed by atoms with Crippen molar-refractivity contribution in [2.24, 2.45) is 0 Å². The second kappa shape index (κ2) is 3.04. The Bertz CT molecular complexity index is 544. The van der Waals surface area contributed by atoms with Crippen LogP contribution in [0.15, 0.2) is 24.3 Å². The van der Waals surface area contributed by atoms with E-state index in [2.05, 4.69) is 4.98 Å². The summed E-state index contributed by atoms with van der Waals surface area (Å²) in [6, 6.07) is 6.59. The SMILES string of the molecule is N#Cc1ccc2cc(F)cc(F)c2n1. The van der Waals surface area contributed by atoms with E-state index in [1.807, 2.05) is 0 Å². The van der Waals surface area contributed by atoms with Crippen LogP contribution in [0.2, 0.25) is 0 Å². The zero-order chi connectivity index (χ0) is 10.1. The number of benzene rings is 1. The lowest BCUT2D eigenvalue weighted by Gasteiger charge is -1.98. The van der Waals surface area contributed by atoms with Gasteiger partial charge < -0.3 is 0 Å². The van der Waals surface area contributed by atoms with Crippen molar-refractivity contribution in [2.45, 2.75) is 0 Å². The Balaban J connectivity index is 2.84. The molecule has 2 rings (SSSR count). The number of nitrogens with zero attached hydrogens (tertiary/aromatic N) is 2. The van der Waals surface area contributed by atoms with Crippen LogP contribution in [0.25, 0.3) is 10.9 Å². The third kappa shape index (κ3) is 1.29. The van der Waals surface area contributed by atoms with Gasteiger partial charge in [-0.05, 0) is 18.2 Å². The zero-order valence-corrected chi connectivity index (χ0v) is 6.96. The summed E-state index contributed by atoms with van der Waals surface area (Å²) in [4.78, 5) is 3.73. The number of nitriles is 1. The van der Waals surface area contributed by atoms with E-state index in [4.69, 9.17) is 5.26 Å². The predicted molar refractivity (Wildman–Crippen MR) is 46.4 cm³/mol. The molecule has 0 fully saturated rings. The molecule has 4 heteroatoms. The highest BCUT2D eigenvalue weighted by Crippen LogP contribution is 2.17. The number of hydrogen-bond donors (Lipinski definition) is 0. The van der Waals surface area contributed by atoms with Crippen LogP contribution in [0.3, 0.4) is 0 Å². The first kappa shape index (κ1) is 8.57. The van der Waals surface area contributed by atoms with Crippen molar-refractivity contribution in [3.63, 3.8) is 0 Å². The molecule has 0 aliphatic carbocycles. The number of rotatable bonds is 0. The minimum absolute atomic E-state index is 0.0189. The number of hydrogen-bond acceptors (Lipinski definition) is 2. The average molecular weight is 190 g/mol. The van der Waals surface area contributed by atoms with Gasteiger partial charge >= 0.3 is 0 Å². The summed E-state index contributed by atoms with van der Waals surface area (Å²) in [7, 11) is 0. The summed E-state index contributed by atoms with van der Waals surface area (Å²) in [6.45, 7) is 0. The summed E-state index contributed by atoms with van der Waals surface area (Å²) in [5.74, 6) is -1.40. The molecular formula is C10H4F2N2. The summed E-state index contributed by atoms with van der Waals surface area (Å²) in [5, 5.41) is 8.88. The highest BCUT2D eigenvalue weighted by Gasteiger charge is 2.05. The van der Waals surface area contributed by atoms with Crippen molar-refractivity contribution in [1.82, 2.24) is 4.98 Å². The van der Waals surface area contributed by atoms with Crippen LogP contribution in [-0.2, 0) is 0 Å². The maximum atomic E-state index is 13.2. The Morgan fingerprint density at radius 1 is 1.21 bits per heavy atom. The summed E-state index contributed by atoms with van der Waals surface area (Å²) in [5.41, 5.74) is 0.133. The van der Waals surface area contributed by atoms with Gasteiger partial charge in [0.1, 0.15) is 23.1 Å². The quantitative estimate of drug-likeness (QED) is 0.639. The smallest absolute Gasteiger partial charge is 0.152 e. The fourth-order valence-electron chi connectivity index (χ4n) is 1.22. The van der Waals surface area contributed by atoms with Crippen molar-refractivity contribution in [2.75, 3.05) is 0 Å². The van der Waals surface area contributed by atoms with Crippen molar-refractivity contribution >= 4 is 10.9 Å². The third-order valence-corrected chi connectivity index (χ3v) is 1.83. The van der Waals surface area contributed by atoms with Crippen LogP contribution in [0.4, 0.5) is 8.78 Å². The normalized spacial score (nSPS) is 10.1. The molecule has 0 aliphatic heterocycles. The topological polar surface area (TPSA) is 36.7 Å².